The van der Waals surface area contributed by atoms with E-state index in [0.29, 0.717) is 24.0 Å². The topological polar surface area (TPSA) is 15.3 Å². The van der Waals surface area contributed by atoms with E-state index in [1.54, 1.807) is 0 Å². The highest BCUT2D eigenvalue weighted by Gasteiger charge is 2.32. The van der Waals surface area contributed by atoms with Gasteiger partial charge in [-0.3, -0.25) is 4.90 Å². The lowest BCUT2D eigenvalue weighted by Crippen LogP contribution is -2.60. The van der Waals surface area contributed by atoms with Gasteiger partial charge in [-0.05, 0) is 18.8 Å². The summed E-state index contributed by atoms with van der Waals surface area (Å²) in [6.45, 7) is 11.4. The van der Waals surface area contributed by atoms with E-state index >= 15 is 0 Å². The van der Waals surface area contributed by atoms with Crippen molar-refractivity contribution in [3.8, 4) is 12.3 Å². The summed E-state index contributed by atoms with van der Waals surface area (Å²) in [5.74, 6) is 3.53. The second kappa shape index (κ2) is 7.03. The first-order valence-corrected chi connectivity index (χ1v) is 7.06. The lowest BCUT2D eigenvalue weighted by molar-refractivity contribution is 0.0545. The molecule has 1 aliphatic heterocycles. The second-order valence-electron chi connectivity index (χ2n) is 5.49. The van der Waals surface area contributed by atoms with E-state index in [1.165, 1.54) is 6.42 Å². The predicted octanol–water partition coefficient (Wildman–Crippen LogP) is 2.50. The van der Waals surface area contributed by atoms with Crippen LogP contribution in [0.2, 0.25) is 0 Å². The van der Waals surface area contributed by atoms with Gasteiger partial charge < -0.3 is 5.32 Å². The molecule has 1 fully saturated rings. The Morgan fingerprint density at radius 3 is 2.59 bits per heavy atom. The Hall–Kier alpha value is -0.520. The van der Waals surface area contributed by atoms with Crippen LogP contribution in [0.1, 0.15) is 47.0 Å². The summed E-state index contributed by atoms with van der Waals surface area (Å²) < 4.78 is 0. The highest BCUT2D eigenvalue weighted by molar-refractivity contribution is 4.96. The molecule has 0 aromatic rings. The maximum absolute atomic E-state index is 5.51. The fraction of sp³-hybridized carbons (Fsp3) is 0.867. The molecule has 0 aromatic heterocycles. The van der Waals surface area contributed by atoms with Crippen LogP contribution in [-0.4, -0.2) is 36.1 Å². The van der Waals surface area contributed by atoms with Crippen molar-refractivity contribution in [2.24, 2.45) is 5.92 Å². The fourth-order valence-electron chi connectivity index (χ4n) is 2.80. The first-order valence-electron chi connectivity index (χ1n) is 7.06. The van der Waals surface area contributed by atoms with Gasteiger partial charge in [-0.2, -0.15) is 0 Å². The predicted molar refractivity (Wildman–Crippen MR) is 74.9 cm³/mol. The molecule has 98 valence electrons. The molecule has 0 aliphatic carbocycles. The lowest BCUT2D eigenvalue weighted by Gasteiger charge is -2.46. The molecule has 0 aromatic carbocycles. The highest BCUT2D eigenvalue weighted by atomic mass is 15.3. The van der Waals surface area contributed by atoms with E-state index in [9.17, 15) is 0 Å². The smallest absolute Gasteiger partial charge is 0.0247 e. The summed E-state index contributed by atoms with van der Waals surface area (Å²) in [6, 6.07) is 1.83. The van der Waals surface area contributed by atoms with Gasteiger partial charge in [-0.15, -0.1) is 12.3 Å². The molecule has 1 rings (SSSR count). The van der Waals surface area contributed by atoms with Crippen molar-refractivity contribution in [2.45, 2.75) is 65.1 Å². The van der Waals surface area contributed by atoms with E-state index in [1.807, 2.05) is 0 Å². The van der Waals surface area contributed by atoms with Crippen molar-refractivity contribution in [1.82, 2.24) is 10.2 Å². The summed E-state index contributed by atoms with van der Waals surface area (Å²) in [6.07, 6.45) is 8.75. The van der Waals surface area contributed by atoms with Gasteiger partial charge in [-0.1, -0.05) is 27.7 Å². The Balaban J connectivity index is 2.75. The molecule has 0 saturated carbocycles. The first kappa shape index (κ1) is 14.5. The molecular formula is C15H28N2. The molecule has 0 spiro atoms. The molecule has 1 saturated heterocycles. The molecule has 3 unspecified atom stereocenters. The standard InChI is InChI=1S/C15H28N2/c1-6-9-14(8-3)17-11-13(7-2)16-10-15(17)12(4)5/h1,12-16H,7-11H2,2-5H3. The quantitative estimate of drug-likeness (QED) is 0.738. The van der Waals surface area contributed by atoms with Gasteiger partial charge in [0.25, 0.3) is 0 Å². The average molecular weight is 236 g/mol. The summed E-state index contributed by atoms with van der Waals surface area (Å²) in [5.41, 5.74) is 0. The molecule has 1 aliphatic rings. The van der Waals surface area contributed by atoms with Gasteiger partial charge in [-0.25, -0.2) is 0 Å². The molecule has 2 heteroatoms. The fourth-order valence-corrected chi connectivity index (χ4v) is 2.80. The van der Waals surface area contributed by atoms with Gasteiger partial charge in [0.05, 0.1) is 0 Å². The molecule has 0 radical (unpaired) electrons. The minimum absolute atomic E-state index is 0.559. The Morgan fingerprint density at radius 2 is 2.12 bits per heavy atom. The third kappa shape index (κ3) is 3.72. The molecule has 1 heterocycles. The number of terminal acetylenes is 1. The van der Waals surface area contributed by atoms with Crippen LogP contribution in [0, 0.1) is 18.3 Å². The maximum atomic E-state index is 5.51. The number of rotatable bonds is 5. The molecule has 3 atom stereocenters. The minimum atomic E-state index is 0.559. The molecular weight excluding hydrogens is 208 g/mol. The number of nitrogens with zero attached hydrogens (tertiary/aromatic N) is 1. The maximum Gasteiger partial charge on any atom is 0.0247 e. The van der Waals surface area contributed by atoms with E-state index in [-0.39, 0.29) is 0 Å². The van der Waals surface area contributed by atoms with E-state index in [0.717, 1.165) is 25.9 Å². The third-order valence-corrected chi connectivity index (χ3v) is 4.03. The lowest BCUT2D eigenvalue weighted by atomic mass is 9.94. The van der Waals surface area contributed by atoms with Gasteiger partial charge in [0.2, 0.25) is 0 Å². The zero-order valence-corrected chi connectivity index (χ0v) is 11.9. The first-order chi connectivity index (χ1) is 8.13. The van der Waals surface area contributed by atoms with Crippen molar-refractivity contribution in [3.63, 3.8) is 0 Å². The van der Waals surface area contributed by atoms with Crippen LogP contribution in [0.3, 0.4) is 0 Å². The zero-order valence-electron chi connectivity index (χ0n) is 11.9. The highest BCUT2D eigenvalue weighted by Crippen LogP contribution is 2.22. The van der Waals surface area contributed by atoms with Crippen LogP contribution in [0.4, 0.5) is 0 Å². The van der Waals surface area contributed by atoms with Crippen LogP contribution < -0.4 is 5.32 Å². The molecule has 1 N–H and O–H groups in total. The van der Waals surface area contributed by atoms with Gasteiger partial charge in [0, 0.05) is 37.6 Å². The largest absolute Gasteiger partial charge is 0.311 e. The number of nitrogens with one attached hydrogen (secondary N) is 1. The van der Waals surface area contributed by atoms with Crippen LogP contribution in [0.5, 0.6) is 0 Å². The van der Waals surface area contributed by atoms with Gasteiger partial charge in [0.15, 0.2) is 0 Å². The summed E-state index contributed by atoms with van der Waals surface area (Å²) in [4.78, 5) is 2.66. The van der Waals surface area contributed by atoms with Crippen LogP contribution in [-0.2, 0) is 0 Å². The normalized spacial score (nSPS) is 28.0. The Kier molecular flexibility index (Phi) is 6.02. The van der Waals surface area contributed by atoms with E-state index in [4.69, 9.17) is 6.42 Å². The van der Waals surface area contributed by atoms with Crippen LogP contribution in [0.25, 0.3) is 0 Å². The zero-order chi connectivity index (χ0) is 12.8. The molecule has 0 amide bonds. The Bertz CT molecular complexity index is 254. The van der Waals surface area contributed by atoms with Crippen molar-refractivity contribution in [2.75, 3.05) is 13.1 Å². The van der Waals surface area contributed by atoms with Crippen LogP contribution in [0.15, 0.2) is 0 Å². The van der Waals surface area contributed by atoms with Crippen molar-refractivity contribution < 1.29 is 0 Å². The average Bonchev–Trinajstić information content (AvgIpc) is 2.35. The molecule has 17 heavy (non-hydrogen) atoms. The summed E-state index contributed by atoms with van der Waals surface area (Å²) >= 11 is 0. The van der Waals surface area contributed by atoms with Crippen molar-refractivity contribution >= 4 is 0 Å². The number of hydrogen-bond donors (Lipinski definition) is 1. The Labute approximate surface area is 107 Å². The van der Waals surface area contributed by atoms with Gasteiger partial charge in [0.1, 0.15) is 0 Å². The number of piperazine rings is 1. The van der Waals surface area contributed by atoms with Crippen molar-refractivity contribution in [1.29, 1.82) is 0 Å². The monoisotopic (exact) mass is 236 g/mol. The Morgan fingerprint density at radius 1 is 1.41 bits per heavy atom. The summed E-state index contributed by atoms with van der Waals surface area (Å²) in [5, 5.41) is 3.66. The third-order valence-electron chi connectivity index (χ3n) is 4.03. The summed E-state index contributed by atoms with van der Waals surface area (Å²) in [7, 11) is 0. The number of hydrogen-bond acceptors (Lipinski definition) is 2. The minimum Gasteiger partial charge on any atom is -0.311 e. The van der Waals surface area contributed by atoms with Crippen molar-refractivity contribution in [3.05, 3.63) is 0 Å². The molecule has 2 nitrogen and oxygen atoms in total. The second-order valence-corrected chi connectivity index (χ2v) is 5.49. The van der Waals surface area contributed by atoms with E-state index in [2.05, 4.69) is 43.8 Å². The van der Waals surface area contributed by atoms with E-state index < -0.39 is 0 Å². The van der Waals surface area contributed by atoms with Crippen LogP contribution >= 0.6 is 0 Å². The van der Waals surface area contributed by atoms with Gasteiger partial charge >= 0.3 is 0 Å². The SMILES string of the molecule is C#CCC(CC)N1CC(CC)NCC1C(C)C. The molecule has 0 bridgehead atoms.